The molecule has 2 heterocycles. The van der Waals surface area contributed by atoms with Gasteiger partial charge >= 0.3 is 0 Å². The lowest BCUT2D eigenvalue weighted by molar-refractivity contribution is 0.186. The van der Waals surface area contributed by atoms with Crippen LogP contribution < -0.4 is 11.1 Å². The molecule has 0 amide bonds. The lowest BCUT2D eigenvalue weighted by Gasteiger charge is -2.31. The van der Waals surface area contributed by atoms with Crippen molar-refractivity contribution in [2.24, 2.45) is 11.7 Å². The molecular formula is C14H24N4. The van der Waals surface area contributed by atoms with Crippen molar-refractivity contribution in [1.82, 2.24) is 15.2 Å². The second-order valence-corrected chi connectivity index (χ2v) is 5.06. The molecular weight excluding hydrogens is 224 g/mol. The molecule has 0 unspecified atom stereocenters. The molecule has 1 fully saturated rings. The molecule has 1 aromatic rings. The lowest BCUT2D eigenvalue weighted by Crippen LogP contribution is -2.39. The van der Waals surface area contributed by atoms with Gasteiger partial charge in [-0.2, -0.15) is 0 Å². The summed E-state index contributed by atoms with van der Waals surface area (Å²) in [6.07, 6.45) is 6.29. The zero-order valence-corrected chi connectivity index (χ0v) is 11.0. The van der Waals surface area contributed by atoms with Gasteiger partial charge in [0, 0.05) is 32.0 Å². The summed E-state index contributed by atoms with van der Waals surface area (Å²) in [4.78, 5) is 6.50. The minimum atomic E-state index is 0.783. The molecule has 0 aromatic carbocycles. The van der Waals surface area contributed by atoms with Crippen molar-refractivity contribution in [3.63, 3.8) is 0 Å². The first kappa shape index (κ1) is 13.5. The fraction of sp³-hybridized carbons (Fsp3) is 0.643. The number of nitrogens with two attached hydrogens (primary N) is 1. The number of hydrogen-bond donors (Lipinski definition) is 2. The van der Waals surface area contributed by atoms with Crippen molar-refractivity contribution >= 4 is 0 Å². The van der Waals surface area contributed by atoms with Gasteiger partial charge in [-0.3, -0.25) is 4.98 Å². The lowest BCUT2D eigenvalue weighted by atomic mass is 9.97. The first-order chi connectivity index (χ1) is 8.88. The molecule has 0 radical (unpaired) electrons. The maximum Gasteiger partial charge on any atom is 0.0271 e. The first-order valence-electron chi connectivity index (χ1n) is 6.90. The van der Waals surface area contributed by atoms with Crippen LogP contribution in [0.15, 0.2) is 24.5 Å². The van der Waals surface area contributed by atoms with Gasteiger partial charge in [0.15, 0.2) is 0 Å². The molecule has 4 heteroatoms. The zero-order chi connectivity index (χ0) is 12.6. The predicted octanol–water partition coefficient (Wildman–Crippen LogP) is 0.842. The van der Waals surface area contributed by atoms with Crippen molar-refractivity contribution in [1.29, 1.82) is 0 Å². The van der Waals surface area contributed by atoms with Crippen LogP contribution in [0.4, 0.5) is 0 Å². The Kier molecular flexibility index (Phi) is 5.58. The molecule has 2 rings (SSSR count). The summed E-state index contributed by atoms with van der Waals surface area (Å²) in [7, 11) is 0. The van der Waals surface area contributed by atoms with E-state index >= 15 is 0 Å². The molecule has 0 saturated carbocycles. The fourth-order valence-corrected chi connectivity index (χ4v) is 2.52. The second-order valence-electron chi connectivity index (χ2n) is 5.06. The van der Waals surface area contributed by atoms with Gasteiger partial charge in [0.05, 0.1) is 0 Å². The van der Waals surface area contributed by atoms with Gasteiger partial charge < -0.3 is 16.0 Å². The van der Waals surface area contributed by atoms with Crippen LogP contribution in [0.5, 0.6) is 0 Å². The summed E-state index contributed by atoms with van der Waals surface area (Å²) in [5.74, 6) is 0.820. The van der Waals surface area contributed by atoms with Crippen molar-refractivity contribution < 1.29 is 0 Å². The molecule has 1 aliphatic heterocycles. The van der Waals surface area contributed by atoms with E-state index in [2.05, 4.69) is 27.3 Å². The Labute approximate surface area is 110 Å². The SMILES string of the molecule is NCCN1CCC(CNCc2ccncc2)CC1. The van der Waals surface area contributed by atoms with E-state index in [0.29, 0.717) is 0 Å². The van der Waals surface area contributed by atoms with Gasteiger partial charge in [-0.25, -0.2) is 0 Å². The van der Waals surface area contributed by atoms with Crippen LogP contribution in [0.25, 0.3) is 0 Å². The van der Waals surface area contributed by atoms with Crippen molar-refractivity contribution in [3.05, 3.63) is 30.1 Å². The number of aromatic nitrogens is 1. The number of pyridine rings is 1. The van der Waals surface area contributed by atoms with Crippen molar-refractivity contribution in [2.45, 2.75) is 19.4 Å². The summed E-state index contributed by atoms with van der Waals surface area (Å²) in [5, 5.41) is 3.55. The molecule has 100 valence electrons. The highest BCUT2D eigenvalue weighted by atomic mass is 15.1. The van der Waals surface area contributed by atoms with E-state index in [1.807, 2.05) is 12.4 Å². The number of hydrogen-bond acceptors (Lipinski definition) is 4. The van der Waals surface area contributed by atoms with Crippen LogP contribution in [-0.2, 0) is 6.54 Å². The summed E-state index contributed by atoms with van der Waals surface area (Å²) >= 11 is 0. The van der Waals surface area contributed by atoms with Crippen molar-refractivity contribution in [3.8, 4) is 0 Å². The van der Waals surface area contributed by atoms with Crippen molar-refractivity contribution in [2.75, 3.05) is 32.7 Å². The number of likely N-dealkylation sites (tertiary alicyclic amines) is 1. The minimum Gasteiger partial charge on any atom is -0.329 e. The smallest absolute Gasteiger partial charge is 0.0271 e. The van der Waals surface area contributed by atoms with E-state index in [-0.39, 0.29) is 0 Å². The van der Waals surface area contributed by atoms with Crippen LogP contribution in [0, 0.1) is 5.92 Å². The van der Waals surface area contributed by atoms with Gasteiger partial charge in [0.2, 0.25) is 0 Å². The average Bonchev–Trinajstić information content (AvgIpc) is 2.42. The van der Waals surface area contributed by atoms with E-state index in [4.69, 9.17) is 5.73 Å². The quantitative estimate of drug-likeness (QED) is 0.783. The maximum absolute atomic E-state index is 5.58. The molecule has 4 nitrogen and oxygen atoms in total. The molecule has 1 aliphatic rings. The van der Waals surface area contributed by atoms with Gasteiger partial charge in [-0.1, -0.05) is 0 Å². The third kappa shape index (κ3) is 4.37. The van der Waals surface area contributed by atoms with E-state index in [1.165, 1.54) is 31.5 Å². The number of nitrogens with zero attached hydrogens (tertiary/aromatic N) is 2. The van der Waals surface area contributed by atoms with Crippen LogP contribution in [0.2, 0.25) is 0 Å². The Balaban J connectivity index is 1.61. The Hall–Kier alpha value is -0.970. The molecule has 1 saturated heterocycles. The van der Waals surface area contributed by atoms with Gasteiger partial charge in [0.25, 0.3) is 0 Å². The first-order valence-corrected chi connectivity index (χ1v) is 6.90. The topological polar surface area (TPSA) is 54.2 Å². The Morgan fingerprint density at radius 3 is 2.67 bits per heavy atom. The number of nitrogens with one attached hydrogen (secondary N) is 1. The zero-order valence-electron chi connectivity index (χ0n) is 11.0. The summed E-state index contributed by atoms with van der Waals surface area (Å²) < 4.78 is 0. The number of rotatable bonds is 6. The third-order valence-electron chi connectivity index (χ3n) is 3.66. The van der Waals surface area contributed by atoms with E-state index in [1.54, 1.807) is 0 Å². The second kappa shape index (κ2) is 7.46. The van der Waals surface area contributed by atoms with Crippen LogP contribution in [0.3, 0.4) is 0 Å². The molecule has 3 N–H and O–H groups in total. The molecule has 1 aromatic heterocycles. The van der Waals surface area contributed by atoms with Crippen LogP contribution in [0.1, 0.15) is 18.4 Å². The average molecular weight is 248 g/mol. The molecule has 0 aliphatic carbocycles. The highest BCUT2D eigenvalue weighted by Crippen LogP contribution is 2.15. The highest BCUT2D eigenvalue weighted by Gasteiger charge is 2.17. The monoisotopic (exact) mass is 248 g/mol. The fourth-order valence-electron chi connectivity index (χ4n) is 2.52. The maximum atomic E-state index is 5.58. The molecule has 18 heavy (non-hydrogen) atoms. The summed E-state index contributed by atoms with van der Waals surface area (Å²) in [6, 6.07) is 4.13. The largest absolute Gasteiger partial charge is 0.329 e. The molecule has 0 spiro atoms. The van der Waals surface area contributed by atoms with Gasteiger partial charge in [-0.05, 0) is 56.1 Å². The normalized spacial score (nSPS) is 18.1. The van der Waals surface area contributed by atoms with Crippen LogP contribution >= 0.6 is 0 Å². The molecule has 0 bridgehead atoms. The third-order valence-corrected chi connectivity index (χ3v) is 3.66. The summed E-state index contributed by atoms with van der Waals surface area (Å²) in [5.41, 5.74) is 6.89. The minimum absolute atomic E-state index is 0.783. The van der Waals surface area contributed by atoms with E-state index in [0.717, 1.165) is 32.1 Å². The highest BCUT2D eigenvalue weighted by molar-refractivity contribution is 5.08. The number of piperidine rings is 1. The van der Waals surface area contributed by atoms with E-state index in [9.17, 15) is 0 Å². The summed E-state index contributed by atoms with van der Waals surface area (Å²) in [6.45, 7) is 6.32. The molecule has 0 atom stereocenters. The Morgan fingerprint density at radius 2 is 2.00 bits per heavy atom. The standard InChI is InChI=1S/C14H24N4/c15-5-10-18-8-3-14(4-9-18)12-17-11-13-1-6-16-7-2-13/h1-2,6-7,14,17H,3-5,8-12,15H2. The van der Waals surface area contributed by atoms with Gasteiger partial charge in [-0.15, -0.1) is 0 Å². The predicted molar refractivity (Wildman–Crippen MR) is 74.2 cm³/mol. The Bertz CT molecular complexity index is 320. The Morgan fingerprint density at radius 1 is 1.28 bits per heavy atom. The van der Waals surface area contributed by atoms with E-state index < -0.39 is 0 Å². The van der Waals surface area contributed by atoms with Gasteiger partial charge in [0.1, 0.15) is 0 Å². The van der Waals surface area contributed by atoms with Crippen LogP contribution in [-0.4, -0.2) is 42.6 Å².